The molecule has 1 saturated heterocycles. The number of nitrogens with zero attached hydrogens (tertiary/aromatic N) is 4. The molecule has 32 heavy (non-hydrogen) atoms. The molecule has 13 nitrogen and oxygen atoms in total. The summed E-state index contributed by atoms with van der Waals surface area (Å²) in [7, 11) is 0. The number of fused-ring (bicyclic) bond motifs is 1. The van der Waals surface area contributed by atoms with Gasteiger partial charge in [0.25, 0.3) is 0 Å². The Balaban J connectivity index is 2.04. The molecule has 174 valence electrons. The van der Waals surface area contributed by atoms with Crippen LogP contribution in [0.25, 0.3) is 11.2 Å². The first kappa shape index (κ1) is 24.1. The number of carbonyl (C=O) groups is 3. The van der Waals surface area contributed by atoms with Crippen molar-refractivity contribution >= 4 is 57.5 Å². The number of hydrogen-bond donors (Lipinski definition) is 1. The predicted molar refractivity (Wildman–Crippen MR) is 115 cm³/mol. The Morgan fingerprint density at radius 2 is 1.81 bits per heavy atom. The van der Waals surface area contributed by atoms with Gasteiger partial charge in [0.2, 0.25) is 0 Å². The van der Waals surface area contributed by atoms with Gasteiger partial charge >= 0.3 is 17.9 Å². The van der Waals surface area contributed by atoms with Gasteiger partial charge in [-0.3, -0.25) is 23.8 Å². The fraction of sp³-hybridized carbons (Fsp3) is 0.556. The van der Waals surface area contributed by atoms with Crippen LogP contribution in [0, 0.1) is 3.83 Å². The third kappa shape index (κ3) is 5.42. The first-order chi connectivity index (χ1) is 15.2. The highest BCUT2D eigenvalue weighted by molar-refractivity contribution is 14.1. The van der Waals surface area contributed by atoms with Crippen LogP contribution in [0.3, 0.4) is 0 Å². The lowest BCUT2D eigenvalue weighted by Crippen LogP contribution is -2.40. The number of nitrogens with one attached hydrogen (secondary N) is 1. The van der Waals surface area contributed by atoms with E-state index in [1.165, 1.54) is 31.7 Å². The van der Waals surface area contributed by atoms with Crippen LogP contribution < -0.4 is 5.48 Å². The Labute approximate surface area is 196 Å². The van der Waals surface area contributed by atoms with Gasteiger partial charge in [-0.25, -0.2) is 20.4 Å². The van der Waals surface area contributed by atoms with E-state index in [0.29, 0.717) is 27.4 Å². The average molecular weight is 563 g/mol. The number of ether oxygens (including phenoxy) is 4. The number of esters is 3. The van der Waals surface area contributed by atoms with Crippen molar-refractivity contribution in [1.82, 2.24) is 19.5 Å². The van der Waals surface area contributed by atoms with Crippen LogP contribution in [0.2, 0.25) is 0 Å². The number of hydrogen-bond acceptors (Lipinski definition) is 12. The number of rotatable bonds is 8. The summed E-state index contributed by atoms with van der Waals surface area (Å²) in [5.41, 5.74) is 3.47. The molecule has 0 aromatic carbocycles. The fourth-order valence-corrected chi connectivity index (χ4v) is 3.67. The highest BCUT2D eigenvalue weighted by Gasteiger charge is 2.51. The fourth-order valence-electron chi connectivity index (χ4n) is 3.20. The molecule has 0 spiro atoms. The molecule has 0 radical (unpaired) electrons. The number of anilines is 1. The molecule has 1 N–H and O–H groups in total. The standard InChI is InChI=1S/C18H22IN5O8/c1-5-29-23-15-12-16(22-18(19)21-15)24(7-20-12)17-14(31-10(4)27)13(30-9(3)26)11(32-17)6-28-8(2)25/h7,11,13-14,17H,5-6H2,1-4H3,(H,21,22,23)/t11-,13-,14-,17-/m1/s1. The molecule has 3 rings (SSSR count). The van der Waals surface area contributed by atoms with Gasteiger partial charge in [0, 0.05) is 43.4 Å². The second-order valence-electron chi connectivity index (χ2n) is 6.72. The summed E-state index contributed by atoms with van der Waals surface area (Å²) in [5, 5.41) is 0. The number of imidazole rings is 1. The van der Waals surface area contributed by atoms with Crippen molar-refractivity contribution in [3.05, 3.63) is 10.2 Å². The second kappa shape index (κ2) is 10.4. The summed E-state index contributed by atoms with van der Waals surface area (Å²) in [4.78, 5) is 53.1. The molecule has 4 atom stereocenters. The van der Waals surface area contributed by atoms with Crippen LogP contribution in [-0.4, -0.2) is 69.0 Å². The second-order valence-corrected chi connectivity index (χ2v) is 7.68. The molecule has 14 heteroatoms. The van der Waals surface area contributed by atoms with E-state index in [2.05, 4.69) is 20.4 Å². The monoisotopic (exact) mass is 563 g/mol. The first-order valence-electron chi connectivity index (χ1n) is 9.62. The molecule has 2 aromatic rings. The summed E-state index contributed by atoms with van der Waals surface area (Å²) in [6.45, 7) is 5.68. The van der Waals surface area contributed by atoms with E-state index in [1.54, 1.807) is 0 Å². The van der Waals surface area contributed by atoms with Crippen LogP contribution in [0.15, 0.2) is 6.33 Å². The van der Waals surface area contributed by atoms with Gasteiger partial charge in [-0.15, -0.1) is 0 Å². The van der Waals surface area contributed by atoms with E-state index in [9.17, 15) is 14.4 Å². The van der Waals surface area contributed by atoms with E-state index in [4.69, 9.17) is 23.8 Å². The van der Waals surface area contributed by atoms with Crippen LogP contribution in [0.5, 0.6) is 0 Å². The molecule has 1 fully saturated rings. The maximum atomic E-state index is 11.8. The van der Waals surface area contributed by atoms with Crippen molar-refractivity contribution < 1.29 is 38.2 Å². The zero-order valence-electron chi connectivity index (χ0n) is 17.7. The third-order valence-electron chi connectivity index (χ3n) is 4.32. The lowest BCUT2D eigenvalue weighted by molar-refractivity contribution is -0.166. The van der Waals surface area contributed by atoms with E-state index >= 15 is 0 Å². The van der Waals surface area contributed by atoms with Gasteiger partial charge in [0.1, 0.15) is 12.7 Å². The summed E-state index contributed by atoms with van der Waals surface area (Å²) in [6.07, 6.45) is -2.51. The quantitative estimate of drug-likeness (QED) is 0.161. The topological polar surface area (TPSA) is 153 Å². The van der Waals surface area contributed by atoms with Crippen molar-refractivity contribution in [3.8, 4) is 0 Å². The lowest BCUT2D eigenvalue weighted by Gasteiger charge is -2.23. The number of aromatic nitrogens is 4. The summed E-state index contributed by atoms with van der Waals surface area (Å²) < 4.78 is 23.8. The Hall–Kier alpha value is -2.59. The molecule has 0 unspecified atom stereocenters. The Morgan fingerprint density at radius 3 is 2.44 bits per heavy atom. The predicted octanol–water partition coefficient (Wildman–Crippen LogP) is 1.12. The lowest BCUT2D eigenvalue weighted by atomic mass is 10.1. The maximum absolute atomic E-state index is 11.8. The zero-order valence-corrected chi connectivity index (χ0v) is 19.9. The molecular formula is C18H22IN5O8. The molecule has 3 heterocycles. The SMILES string of the molecule is CCONc1nc(I)nc2c1ncn2[C@@H]1O[C@H](COC(C)=O)[C@@H](OC(C)=O)[C@H]1OC(C)=O. The first-order valence-corrected chi connectivity index (χ1v) is 10.7. The van der Waals surface area contributed by atoms with Crippen molar-refractivity contribution in [2.45, 2.75) is 52.2 Å². The molecule has 0 amide bonds. The van der Waals surface area contributed by atoms with Gasteiger partial charge in [-0.1, -0.05) is 0 Å². The van der Waals surface area contributed by atoms with E-state index < -0.39 is 42.4 Å². The van der Waals surface area contributed by atoms with Crippen molar-refractivity contribution in [1.29, 1.82) is 0 Å². The van der Waals surface area contributed by atoms with Gasteiger partial charge < -0.3 is 18.9 Å². The van der Waals surface area contributed by atoms with Gasteiger partial charge in [-0.2, -0.15) is 0 Å². The molecule has 2 aromatic heterocycles. The Morgan fingerprint density at radius 1 is 1.12 bits per heavy atom. The molecule has 1 aliphatic rings. The molecule has 1 aliphatic heterocycles. The zero-order chi connectivity index (χ0) is 23.4. The number of halogens is 1. The van der Waals surface area contributed by atoms with E-state index in [1.807, 2.05) is 29.5 Å². The summed E-state index contributed by atoms with van der Waals surface area (Å²) >= 11 is 1.94. The third-order valence-corrected chi connectivity index (χ3v) is 4.80. The normalized spacial score (nSPS) is 22.5. The smallest absolute Gasteiger partial charge is 0.303 e. The van der Waals surface area contributed by atoms with E-state index in [-0.39, 0.29) is 6.61 Å². The minimum atomic E-state index is -1.05. The highest BCUT2D eigenvalue weighted by atomic mass is 127. The largest absolute Gasteiger partial charge is 0.463 e. The number of carbonyl (C=O) groups excluding carboxylic acids is 3. The van der Waals surface area contributed by atoms with Crippen molar-refractivity contribution in [3.63, 3.8) is 0 Å². The van der Waals surface area contributed by atoms with Gasteiger partial charge in [-0.05, 0) is 6.92 Å². The Kier molecular flexibility index (Phi) is 7.78. The molecule has 0 aliphatic carbocycles. The molecular weight excluding hydrogens is 541 g/mol. The van der Waals surface area contributed by atoms with Crippen LogP contribution in [0.4, 0.5) is 5.82 Å². The summed E-state index contributed by atoms with van der Waals surface area (Å²) in [6, 6.07) is 0. The molecule has 0 saturated carbocycles. The van der Waals surface area contributed by atoms with Crippen molar-refractivity contribution in [2.75, 3.05) is 18.7 Å². The van der Waals surface area contributed by atoms with Crippen molar-refractivity contribution in [2.24, 2.45) is 0 Å². The van der Waals surface area contributed by atoms with Crippen LogP contribution in [-0.2, 0) is 38.2 Å². The van der Waals surface area contributed by atoms with E-state index in [0.717, 1.165) is 0 Å². The Bertz CT molecular complexity index is 1010. The van der Waals surface area contributed by atoms with Crippen LogP contribution >= 0.6 is 22.6 Å². The van der Waals surface area contributed by atoms with Gasteiger partial charge in [0.15, 0.2) is 39.2 Å². The average Bonchev–Trinajstić information content (AvgIpc) is 3.25. The highest BCUT2D eigenvalue weighted by Crippen LogP contribution is 2.36. The van der Waals surface area contributed by atoms with Crippen LogP contribution in [0.1, 0.15) is 33.9 Å². The minimum Gasteiger partial charge on any atom is -0.463 e. The maximum Gasteiger partial charge on any atom is 0.303 e. The molecule has 0 bridgehead atoms. The minimum absolute atomic E-state index is 0.210. The summed E-state index contributed by atoms with van der Waals surface area (Å²) in [5.74, 6) is -1.42. The van der Waals surface area contributed by atoms with Gasteiger partial charge in [0.05, 0.1) is 12.9 Å².